The number of carbonyl (C=O) groups is 2. The molecule has 1 aromatic heterocycles. The maximum absolute atomic E-state index is 14.9. The molecule has 8 nitrogen and oxygen atoms in total. The van der Waals surface area contributed by atoms with Gasteiger partial charge in [0.25, 0.3) is 6.85 Å². The van der Waals surface area contributed by atoms with E-state index in [1.807, 2.05) is 6.92 Å². The normalized spacial score (nSPS) is 15.1. The number of ether oxygens (including phenoxy) is 2. The lowest BCUT2D eigenvalue weighted by Gasteiger charge is -2.31. The first-order chi connectivity index (χ1) is 19.5. The molecule has 1 aliphatic rings. The second kappa shape index (κ2) is 13.3. The van der Waals surface area contributed by atoms with E-state index >= 15 is 0 Å². The summed E-state index contributed by atoms with van der Waals surface area (Å²) in [6, 6.07) is -0.0524. The Morgan fingerprint density at radius 2 is 1.90 bits per heavy atom. The number of nitrogens with one attached hydrogen (secondary N) is 2. The van der Waals surface area contributed by atoms with Crippen molar-refractivity contribution < 1.29 is 41.0 Å². The molecule has 2 heterocycles. The molecule has 2 aromatic rings. The van der Waals surface area contributed by atoms with Crippen molar-refractivity contribution >= 4 is 41.7 Å². The largest absolute Gasteiger partial charge is 0.492 e. The summed E-state index contributed by atoms with van der Waals surface area (Å²) in [6.07, 6.45) is -2.33. The molecule has 0 radical (unpaired) electrons. The highest BCUT2D eigenvalue weighted by Gasteiger charge is 2.37. The van der Waals surface area contributed by atoms with Crippen LogP contribution in [0.15, 0.2) is 18.3 Å². The van der Waals surface area contributed by atoms with Gasteiger partial charge in [-0.1, -0.05) is 24.9 Å². The summed E-state index contributed by atoms with van der Waals surface area (Å²) < 4.78 is 79.6. The molecule has 230 valence electrons. The lowest BCUT2D eigenvalue weighted by Crippen LogP contribution is -2.55. The van der Waals surface area contributed by atoms with Crippen molar-refractivity contribution in [2.45, 2.75) is 65.1 Å². The number of hydrogen-bond acceptors (Lipinski definition) is 5. The van der Waals surface area contributed by atoms with E-state index in [-0.39, 0.29) is 29.9 Å². The Morgan fingerprint density at radius 1 is 1.21 bits per heavy atom. The number of alkyl halides is 3. The van der Waals surface area contributed by atoms with Crippen molar-refractivity contribution in [2.24, 2.45) is 5.92 Å². The van der Waals surface area contributed by atoms with Crippen LogP contribution < -0.4 is 20.7 Å². The number of fused-ring (bicyclic) bond motifs is 1. The van der Waals surface area contributed by atoms with Crippen LogP contribution >= 0.6 is 11.6 Å². The number of pyridine rings is 1. The van der Waals surface area contributed by atoms with Gasteiger partial charge in [0.15, 0.2) is 0 Å². The van der Waals surface area contributed by atoms with Crippen LogP contribution in [0.2, 0.25) is 11.3 Å². The van der Waals surface area contributed by atoms with E-state index in [1.165, 1.54) is 11.1 Å². The summed E-state index contributed by atoms with van der Waals surface area (Å²) in [4.78, 5) is 30.3. The number of aromatic nitrogens is 1. The highest BCUT2D eigenvalue weighted by atomic mass is 35.5. The molecule has 0 saturated heterocycles. The third kappa shape index (κ3) is 8.62. The number of hydrogen-bond donors (Lipinski definition) is 2. The fourth-order valence-electron chi connectivity index (χ4n) is 4.57. The molecule has 0 saturated carbocycles. The molecule has 3 amide bonds. The Bertz CT molecular complexity index is 1310. The molecule has 0 spiro atoms. The highest BCUT2D eigenvalue weighted by molar-refractivity contribution is 6.74. The predicted molar refractivity (Wildman–Crippen MR) is 149 cm³/mol. The van der Waals surface area contributed by atoms with E-state index in [0.717, 1.165) is 0 Å². The molecule has 0 aliphatic carbocycles. The highest BCUT2D eigenvalue weighted by Crippen LogP contribution is 2.37. The maximum atomic E-state index is 14.9. The zero-order valence-electron chi connectivity index (χ0n) is 23.9. The minimum absolute atomic E-state index is 0.0194. The summed E-state index contributed by atoms with van der Waals surface area (Å²) in [5, 5.41) is 4.07. The predicted octanol–water partition coefficient (Wildman–Crippen LogP) is 6.27. The summed E-state index contributed by atoms with van der Waals surface area (Å²) in [5.74, 6) is -1.83. The van der Waals surface area contributed by atoms with Crippen molar-refractivity contribution in [3.63, 3.8) is 0 Å². The smallest absolute Gasteiger partial charge is 0.417 e. The first kappa shape index (κ1) is 33.2. The van der Waals surface area contributed by atoms with Crippen LogP contribution in [0.3, 0.4) is 0 Å². The molecule has 1 unspecified atom stereocenters. The molecule has 0 fully saturated rings. The van der Waals surface area contributed by atoms with E-state index in [4.69, 9.17) is 21.1 Å². The van der Waals surface area contributed by atoms with Gasteiger partial charge in [-0.3, -0.25) is 0 Å². The molecule has 1 atom stereocenters. The number of nitrogens with zero attached hydrogens (tertiary/aromatic N) is 2. The molecular formula is C27H33BClF5N4O4. The number of rotatable bonds is 8. The second-order valence-corrected chi connectivity index (χ2v) is 11.5. The number of carbonyl (C=O) groups excluding carboxylic acids is 2. The minimum atomic E-state index is -4.88. The zero-order valence-corrected chi connectivity index (χ0v) is 24.7. The van der Waals surface area contributed by atoms with E-state index < -0.39 is 58.8 Å². The minimum Gasteiger partial charge on any atom is -0.492 e. The van der Waals surface area contributed by atoms with Crippen LogP contribution in [0, 0.1) is 17.7 Å². The quantitative estimate of drug-likeness (QED) is 0.158. The van der Waals surface area contributed by atoms with E-state index in [1.54, 1.807) is 27.8 Å². The van der Waals surface area contributed by atoms with Crippen LogP contribution in [0.25, 0.3) is 0 Å². The standard InChI is InChI=1S/C27H33BClF5N4O4/c1-6-15-10-16-22(21(14-35-23(16)31)41-9-7-8-38(5)25(40)42-26(2,3)4)28(13-15)37-24(39)36-20-12-18(29)17(11-19(20)30)27(32,33)34/h11-12,14-15H,6-10,13H2,1-5H3,(H2,36,37,39). The van der Waals surface area contributed by atoms with Gasteiger partial charge in [0, 0.05) is 19.2 Å². The van der Waals surface area contributed by atoms with Gasteiger partial charge in [-0.25, -0.2) is 19.0 Å². The van der Waals surface area contributed by atoms with Crippen molar-refractivity contribution in [1.29, 1.82) is 0 Å². The number of amides is 3. The third-order valence-corrected chi connectivity index (χ3v) is 6.95. The SMILES string of the molecule is CCC1CB(NC(=O)Nc2cc(Cl)c(C(F)(F)F)cc2F)c2c(OCCCN(C)C(=O)OC(C)(C)C)cnc(F)c2C1. The Hall–Kier alpha value is -3.29. The Balaban J connectivity index is 1.75. The van der Waals surface area contributed by atoms with Crippen molar-refractivity contribution in [2.75, 3.05) is 25.5 Å². The van der Waals surface area contributed by atoms with Crippen molar-refractivity contribution in [3.05, 3.63) is 46.2 Å². The monoisotopic (exact) mass is 618 g/mol. The van der Waals surface area contributed by atoms with Gasteiger partial charge < -0.3 is 24.9 Å². The van der Waals surface area contributed by atoms with Gasteiger partial charge in [0.2, 0.25) is 5.95 Å². The van der Waals surface area contributed by atoms with Crippen molar-refractivity contribution in [1.82, 2.24) is 15.1 Å². The second-order valence-electron chi connectivity index (χ2n) is 11.1. The lowest BCUT2D eigenvalue weighted by molar-refractivity contribution is -0.137. The van der Waals surface area contributed by atoms with E-state index in [2.05, 4.69) is 15.5 Å². The molecule has 2 N–H and O–H groups in total. The van der Waals surface area contributed by atoms with Gasteiger partial charge in [0.1, 0.15) is 17.2 Å². The molecule has 1 aliphatic heterocycles. The molecule has 15 heteroatoms. The number of urea groups is 1. The van der Waals surface area contributed by atoms with Crippen LogP contribution in [-0.2, 0) is 17.3 Å². The van der Waals surface area contributed by atoms with Gasteiger partial charge in [-0.2, -0.15) is 17.6 Å². The fraction of sp³-hybridized carbons (Fsp3) is 0.519. The summed E-state index contributed by atoms with van der Waals surface area (Å²) in [5.41, 5.74) is -1.93. The van der Waals surface area contributed by atoms with Crippen LogP contribution in [0.1, 0.15) is 51.7 Å². The Morgan fingerprint density at radius 3 is 2.52 bits per heavy atom. The number of anilines is 1. The van der Waals surface area contributed by atoms with Gasteiger partial charge in [0.05, 0.1) is 29.1 Å². The Kier molecular flexibility index (Phi) is 10.6. The van der Waals surface area contributed by atoms with Gasteiger partial charge in [-0.05, 0) is 63.4 Å². The number of halogens is 6. The van der Waals surface area contributed by atoms with Crippen molar-refractivity contribution in [3.8, 4) is 5.75 Å². The maximum Gasteiger partial charge on any atom is 0.417 e. The van der Waals surface area contributed by atoms with Gasteiger partial charge in [-0.15, -0.1) is 0 Å². The van der Waals surface area contributed by atoms with E-state index in [9.17, 15) is 31.5 Å². The van der Waals surface area contributed by atoms with Crippen LogP contribution in [0.4, 0.5) is 37.2 Å². The summed E-state index contributed by atoms with van der Waals surface area (Å²) >= 11 is 5.68. The summed E-state index contributed by atoms with van der Waals surface area (Å²) in [6.45, 7) is 6.87. The third-order valence-electron chi connectivity index (χ3n) is 6.64. The fourth-order valence-corrected chi connectivity index (χ4v) is 4.84. The zero-order chi connectivity index (χ0) is 31.4. The average Bonchev–Trinajstić information content (AvgIpc) is 2.87. The molecule has 0 bridgehead atoms. The topological polar surface area (TPSA) is 92.8 Å². The van der Waals surface area contributed by atoms with E-state index in [0.29, 0.717) is 43.7 Å². The van der Waals surface area contributed by atoms with Crippen LogP contribution in [-0.4, -0.2) is 54.7 Å². The molecular weight excluding hydrogens is 586 g/mol. The lowest BCUT2D eigenvalue weighted by atomic mass is 9.46. The first-order valence-electron chi connectivity index (χ1n) is 13.4. The van der Waals surface area contributed by atoms with Gasteiger partial charge >= 0.3 is 18.3 Å². The molecule has 42 heavy (non-hydrogen) atoms. The molecule has 3 rings (SSSR count). The molecule has 1 aromatic carbocycles. The average molecular weight is 619 g/mol. The van der Waals surface area contributed by atoms with Crippen LogP contribution in [0.5, 0.6) is 5.75 Å². The summed E-state index contributed by atoms with van der Waals surface area (Å²) in [7, 11) is 1.59. The first-order valence-corrected chi connectivity index (χ1v) is 13.8. The number of benzene rings is 1. The Labute approximate surface area is 246 Å².